The van der Waals surface area contributed by atoms with E-state index in [1.165, 1.54) is 29.9 Å². The second kappa shape index (κ2) is 7.69. The van der Waals surface area contributed by atoms with Gasteiger partial charge in [-0.2, -0.15) is 0 Å². The van der Waals surface area contributed by atoms with Crippen molar-refractivity contribution in [1.29, 1.82) is 0 Å². The number of nitrogens with one attached hydrogen (secondary N) is 1. The molecule has 26 heavy (non-hydrogen) atoms. The lowest BCUT2D eigenvalue weighted by molar-refractivity contribution is -0.116. The van der Waals surface area contributed by atoms with Gasteiger partial charge in [-0.15, -0.1) is 0 Å². The molecule has 0 fully saturated rings. The molecule has 1 heterocycles. The molecule has 1 amide bonds. The largest absolute Gasteiger partial charge is 0.497 e. The fourth-order valence-corrected chi connectivity index (χ4v) is 2.48. The molecule has 6 nitrogen and oxygen atoms in total. The summed E-state index contributed by atoms with van der Waals surface area (Å²) in [7, 11) is 1.53. The minimum atomic E-state index is -0.496. The molecule has 7 heteroatoms. The topological polar surface area (TPSA) is 73.5 Å². The maximum atomic E-state index is 12.8. The Hall–Kier alpha value is -3.35. The first-order valence-electron chi connectivity index (χ1n) is 7.95. The standard InChI is InChI=1S/C19H17FN2O4/c1-25-15-7-8-16-17(12-15)26-19(24)22(16)11-10-21-18(23)9-4-13-2-5-14(20)6-3-13/h2-9,12H,10-11H2,1H3,(H,21,23)/b9-4+. The number of hydrogen-bond acceptors (Lipinski definition) is 4. The first kappa shape index (κ1) is 17.5. The second-order valence-electron chi connectivity index (χ2n) is 5.53. The summed E-state index contributed by atoms with van der Waals surface area (Å²) >= 11 is 0. The van der Waals surface area contributed by atoms with Gasteiger partial charge in [0.05, 0.1) is 12.6 Å². The van der Waals surface area contributed by atoms with E-state index in [-0.39, 0.29) is 24.8 Å². The Morgan fingerprint density at radius 1 is 1.27 bits per heavy atom. The minimum absolute atomic E-state index is 0.257. The number of fused-ring (bicyclic) bond motifs is 1. The molecule has 0 unspecified atom stereocenters. The molecule has 1 N–H and O–H groups in total. The third kappa shape index (κ3) is 4.00. The van der Waals surface area contributed by atoms with Crippen LogP contribution in [0.3, 0.4) is 0 Å². The molecule has 0 spiro atoms. The van der Waals surface area contributed by atoms with Crippen LogP contribution in [0.25, 0.3) is 17.2 Å². The van der Waals surface area contributed by atoms with Crippen LogP contribution in [-0.4, -0.2) is 24.1 Å². The Bertz CT molecular complexity index is 1000. The van der Waals surface area contributed by atoms with Crippen LogP contribution in [0.15, 0.2) is 57.8 Å². The number of amides is 1. The molecule has 0 radical (unpaired) electrons. The summed E-state index contributed by atoms with van der Waals surface area (Å²) in [5, 5.41) is 2.69. The zero-order valence-electron chi connectivity index (χ0n) is 14.1. The Balaban J connectivity index is 1.60. The van der Waals surface area contributed by atoms with Crippen molar-refractivity contribution in [2.24, 2.45) is 0 Å². The molecule has 2 aromatic carbocycles. The number of halogens is 1. The SMILES string of the molecule is COc1ccc2c(c1)oc(=O)n2CCNC(=O)/C=C/c1ccc(F)cc1. The molecule has 0 saturated carbocycles. The van der Waals surface area contributed by atoms with Crippen molar-refractivity contribution in [3.05, 3.63) is 70.5 Å². The van der Waals surface area contributed by atoms with Gasteiger partial charge in [0.25, 0.3) is 0 Å². The Kier molecular flexibility index (Phi) is 5.17. The summed E-state index contributed by atoms with van der Waals surface area (Å²) in [6.45, 7) is 0.529. The molecule has 134 valence electrons. The summed E-state index contributed by atoms with van der Waals surface area (Å²) < 4.78 is 24.6. The highest BCUT2D eigenvalue weighted by Crippen LogP contribution is 2.19. The van der Waals surface area contributed by atoms with E-state index in [0.29, 0.717) is 22.4 Å². The summed E-state index contributed by atoms with van der Waals surface area (Å²) in [6, 6.07) is 10.9. The van der Waals surface area contributed by atoms with Crippen LogP contribution >= 0.6 is 0 Å². The summed E-state index contributed by atoms with van der Waals surface area (Å²) in [6.07, 6.45) is 2.94. The average molecular weight is 356 g/mol. The molecule has 1 aromatic heterocycles. The molecule has 0 aliphatic heterocycles. The van der Waals surface area contributed by atoms with E-state index in [2.05, 4.69) is 5.32 Å². The minimum Gasteiger partial charge on any atom is -0.497 e. The lowest BCUT2D eigenvalue weighted by atomic mass is 10.2. The quantitative estimate of drug-likeness (QED) is 0.689. The average Bonchev–Trinajstić information content (AvgIpc) is 2.95. The third-order valence-corrected chi connectivity index (χ3v) is 3.81. The lowest BCUT2D eigenvalue weighted by Gasteiger charge is -2.04. The third-order valence-electron chi connectivity index (χ3n) is 3.81. The van der Waals surface area contributed by atoms with Crippen LogP contribution in [0.2, 0.25) is 0 Å². The Labute approximate surface area is 148 Å². The van der Waals surface area contributed by atoms with E-state index in [0.717, 1.165) is 0 Å². The van der Waals surface area contributed by atoms with Gasteiger partial charge in [0.2, 0.25) is 5.91 Å². The van der Waals surface area contributed by atoms with Gasteiger partial charge >= 0.3 is 5.76 Å². The van der Waals surface area contributed by atoms with Gasteiger partial charge in [-0.1, -0.05) is 12.1 Å². The van der Waals surface area contributed by atoms with Gasteiger partial charge in [0.1, 0.15) is 11.6 Å². The monoisotopic (exact) mass is 356 g/mol. The van der Waals surface area contributed by atoms with E-state index < -0.39 is 5.76 Å². The predicted molar refractivity (Wildman–Crippen MR) is 95.5 cm³/mol. The number of oxazole rings is 1. The highest BCUT2D eigenvalue weighted by molar-refractivity contribution is 5.91. The predicted octanol–water partition coefficient (Wildman–Crippen LogP) is 2.57. The number of hydrogen-bond donors (Lipinski definition) is 1. The van der Waals surface area contributed by atoms with Gasteiger partial charge in [-0.3, -0.25) is 9.36 Å². The fraction of sp³-hybridized carbons (Fsp3) is 0.158. The number of benzene rings is 2. The number of nitrogens with zero attached hydrogens (tertiary/aromatic N) is 1. The smallest absolute Gasteiger partial charge is 0.420 e. The zero-order valence-corrected chi connectivity index (χ0v) is 14.1. The van der Waals surface area contributed by atoms with E-state index in [1.807, 2.05) is 0 Å². The van der Waals surface area contributed by atoms with Crippen molar-refractivity contribution >= 4 is 23.1 Å². The van der Waals surface area contributed by atoms with E-state index in [1.54, 1.807) is 36.4 Å². The van der Waals surface area contributed by atoms with Crippen LogP contribution in [-0.2, 0) is 11.3 Å². The van der Waals surface area contributed by atoms with Crippen LogP contribution in [0, 0.1) is 5.82 Å². The molecule has 3 rings (SSSR count). The van der Waals surface area contributed by atoms with E-state index >= 15 is 0 Å². The maximum Gasteiger partial charge on any atom is 0.420 e. The lowest BCUT2D eigenvalue weighted by Crippen LogP contribution is -2.28. The number of carbonyl (C=O) groups excluding carboxylic acids is 1. The van der Waals surface area contributed by atoms with Crippen molar-refractivity contribution in [2.75, 3.05) is 13.7 Å². The maximum absolute atomic E-state index is 12.8. The normalized spacial score (nSPS) is 11.2. The molecule has 0 saturated heterocycles. The first-order chi connectivity index (χ1) is 12.6. The van der Waals surface area contributed by atoms with Crippen LogP contribution in [0.1, 0.15) is 5.56 Å². The van der Waals surface area contributed by atoms with Crippen LogP contribution in [0.5, 0.6) is 5.75 Å². The number of carbonyl (C=O) groups is 1. The molecule has 3 aromatic rings. The number of methoxy groups -OCH3 is 1. The van der Waals surface area contributed by atoms with Crippen LogP contribution < -0.4 is 15.8 Å². The van der Waals surface area contributed by atoms with Crippen molar-refractivity contribution in [3.63, 3.8) is 0 Å². The Morgan fingerprint density at radius 2 is 2.04 bits per heavy atom. The number of aromatic nitrogens is 1. The Morgan fingerprint density at radius 3 is 2.77 bits per heavy atom. The molecular weight excluding hydrogens is 339 g/mol. The van der Waals surface area contributed by atoms with Gasteiger partial charge < -0.3 is 14.5 Å². The summed E-state index contributed by atoms with van der Waals surface area (Å²) in [5.41, 5.74) is 1.77. The summed E-state index contributed by atoms with van der Waals surface area (Å²) in [4.78, 5) is 23.8. The van der Waals surface area contributed by atoms with Crippen molar-refractivity contribution in [3.8, 4) is 5.75 Å². The fourth-order valence-electron chi connectivity index (χ4n) is 2.48. The van der Waals surface area contributed by atoms with E-state index in [4.69, 9.17) is 9.15 Å². The molecule has 0 aliphatic rings. The highest BCUT2D eigenvalue weighted by atomic mass is 19.1. The van der Waals surface area contributed by atoms with Gasteiger partial charge in [-0.05, 0) is 35.9 Å². The van der Waals surface area contributed by atoms with Gasteiger partial charge in [0, 0.05) is 25.2 Å². The summed E-state index contributed by atoms with van der Waals surface area (Å²) in [5.74, 6) is -0.541. The molecule has 0 aliphatic carbocycles. The molecule has 0 bridgehead atoms. The first-order valence-corrected chi connectivity index (χ1v) is 7.95. The zero-order chi connectivity index (χ0) is 18.5. The molecule has 0 atom stereocenters. The van der Waals surface area contributed by atoms with Gasteiger partial charge in [0.15, 0.2) is 5.58 Å². The number of rotatable bonds is 6. The van der Waals surface area contributed by atoms with Crippen molar-refractivity contribution in [2.45, 2.75) is 6.54 Å². The highest BCUT2D eigenvalue weighted by Gasteiger charge is 2.10. The van der Waals surface area contributed by atoms with Crippen LogP contribution in [0.4, 0.5) is 4.39 Å². The second-order valence-corrected chi connectivity index (χ2v) is 5.53. The van der Waals surface area contributed by atoms with E-state index in [9.17, 15) is 14.0 Å². The van der Waals surface area contributed by atoms with Crippen molar-refractivity contribution < 1.29 is 18.3 Å². The molecular formula is C19H17FN2O4. The van der Waals surface area contributed by atoms with Crippen molar-refractivity contribution in [1.82, 2.24) is 9.88 Å². The van der Waals surface area contributed by atoms with Gasteiger partial charge in [-0.25, -0.2) is 9.18 Å². The number of ether oxygens (including phenoxy) is 1.